The van der Waals surface area contributed by atoms with Crippen LogP contribution in [0.5, 0.6) is 0 Å². The van der Waals surface area contributed by atoms with Gasteiger partial charge in [-0.1, -0.05) is 6.07 Å². The molecule has 0 atom stereocenters. The number of likely N-dealkylation sites (N-methyl/N-ethyl adjacent to an activating group) is 1. The second-order valence-electron chi connectivity index (χ2n) is 8.40. The van der Waals surface area contributed by atoms with Crippen LogP contribution in [0.3, 0.4) is 0 Å². The van der Waals surface area contributed by atoms with Gasteiger partial charge in [0.2, 0.25) is 0 Å². The SMILES string of the molecule is Cc1nc(N2CCN(C)CC2)cc(N2CCN(C(=O)Nc3cccc(C(F)(F)F)c3)CC2)n1. The summed E-state index contributed by atoms with van der Waals surface area (Å²) in [6.07, 6.45) is -4.45. The molecule has 2 aliphatic heterocycles. The lowest BCUT2D eigenvalue weighted by atomic mass is 10.2. The van der Waals surface area contributed by atoms with E-state index in [1.807, 2.05) is 13.0 Å². The van der Waals surface area contributed by atoms with Crippen molar-refractivity contribution in [2.75, 3.05) is 74.5 Å². The highest BCUT2D eigenvalue weighted by atomic mass is 19.4. The van der Waals surface area contributed by atoms with E-state index in [-0.39, 0.29) is 5.69 Å². The first-order chi connectivity index (χ1) is 15.7. The highest BCUT2D eigenvalue weighted by Crippen LogP contribution is 2.30. The highest BCUT2D eigenvalue weighted by Gasteiger charge is 2.31. The van der Waals surface area contributed by atoms with Gasteiger partial charge in [0.05, 0.1) is 5.56 Å². The largest absolute Gasteiger partial charge is 0.416 e. The van der Waals surface area contributed by atoms with Gasteiger partial charge in [0.15, 0.2) is 0 Å². The molecule has 11 heteroatoms. The topological polar surface area (TPSA) is 67.8 Å². The lowest BCUT2D eigenvalue weighted by molar-refractivity contribution is -0.137. The van der Waals surface area contributed by atoms with Gasteiger partial charge in [-0.05, 0) is 32.2 Å². The van der Waals surface area contributed by atoms with E-state index in [0.717, 1.165) is 49.9 Å². The van der Waals surface area contributed by atoms with Crippen LogP contribution >= 0.6 is 0 Å². The molecule has 2 aromatic rings. The Kier molecular flexibility index (Phi) is 6.59. The molecule has 2 amide bonds. The number of urea groups is 1. The van der Waals surface area contributed by atoms with Crippen molar-refractivity contribution in [3.05, 3.63) is 41.7 Å². The van der Waals surface area contributed by atoms with Crippen LogP contribution < -0.4 is 15.1 Å². The van der Waals surface area contributed by atoms with E-state index < -0.39 is 17.8 Å². The van der Waals surface area contributed by atoms with Crippen LogP contribution in [0.1, 0.15) is 11.4 Å². The number of piperazine rings is 2. The molecule has 8 nitrogen and oxygen atoms in total. The molecule has 2 fully saturated rings. The number of carbonyl (C=O) groups is 1. The fourth-order valence-corrected chi connectivity index (χ4v) is 4.01. The second-order valence-corrected chi connectivity index (χ2v) is 8.40. The van der Waals surface area contributed by atoms with E-state index in [0.29, 0.717) is 32.0 Å². The van der Waals surface area contributed by atoms with Crippen molar-refractivity contribution in [3.63, 3.8) is 0 Å². The Bertz CT molecular complexity index is 984. The second kappa shape index (κ2) is 9.42. The van der Waals surface area contributed by atoms with Crippen molar-refractivity contribution in [1.82, 2.24) is 19.8 Å². The zero-order valence-electron chi connectivity index (χ0n) is 18.8. The molecule has 0 radical (unpaired) electrons. The Labute approximate surface area is 191 Å². The fourth-order valence-electron chi connectivity index (χ4n) is 4.01. The number of halogens is 3. The van der Waals surface area contributed by atoms with Crippen molar-refractivity contribution in [2.45, 2.75) is 13.1 Å². The number of hydrogen-bond acceptors (Lipinski definition) is 6. The third kappa shape index (κ3) is 5.65. The minimum absolute atomic E-state index is 0.125. The summed E-state index contributed by atoms with van der Waals surface area (Å²) in [4.78, 5) is 30.1. The maximum absolute atomic E-state index is 12.9. The predicted octanol–water partition coefficient (Wildman–Crippen LogP) is 2.91. The number of anilines is 3. The Morgan fingerprint density at radius 3 is 2.06 bits per heavy atom. The Morgan fingerprint density at radius 1 is 0.909 bits per heavy atom. The summed E-state index contributed by atoms with van der Waals surface area (Å²) >= 11 is 0. The summed E-state index contributed by atoms with van der Waals surface area (Å²) in [5.41, 5.74) is -0.666. The number of carbonyl (C=O) groups excluding carboxylic acids is 1. The fraction of sp³-hybridized carbons (Fsp3) is 0.500. The quantitative estimate of drug-likeness (QED) is 0.755. The van der Waals surface area contributed by atoms with E-state index in [1.54, 1.807) is 4.90 Å². The molecule has 1 aromatic carbocycles. The van der Waals surface area contributed by atoms with Gasteiger partial charge >= 0.3 is 12.2 Å². The summed E-state index contributed by atoms with van der Waals surface area (Å²) in [6.45, 7) is 7.71. The monoisotopic (exact) mass is 463 g/mol. The zero-order chi connectivity index (χ0) is 23.6. The summed E-state index contributed by atoms with van der Waals surface area (Å²) in [5, 5.41) is 2.58. The third-order valence-corrected chi connectivity index (χ3v) is 5.97. The number of amides is 2. The van der Waals surface area contributed by atoms with Gasteiger partial charge < -0.3 is 24.9 Å². The van der Waals surface area contributed by atoms with Crippen LogP contribution in [-0.4, -0.2) is 85.2 Å². The number of hydrogen-bond donors (Lipinski definition) is 1. The maximum atomic E-state index is 12.9. The van der Waals surface area contributed by atoms with Gasteiger partial charge in [-0.15, -0.1) is 0 Å². The molecule has 178 valence electrons. The first kappa shape index (κ1) is 23.1. The third-order valence-electron chi connectivity index (χ3n) is 5.97. The lowest BCUT2D eigenvalue weighted by Gasteiger charge is -2.36. The molecule has 0 spiro atoms. The summed E-state index contributed by atoms with van der Waals surface area (Å²) in [7, 11) is 2.11. The average molecular weight is 464 g/mol. The molecule has 3 heterocycles. The molecule has 4 rings (SSSR count). The Balaban J connectivity index is 1.36. The number of nitrogens with one attached hydrogen (secondary N) is 1. The van der Waals surface area contributed by atoms with Crippen molar-refractivity contribution in [3.8, 4) is 0 Å². The number of rotatable bonds is 3. The van der Waals surface area contributed by atoms with E-state index in [1.165, 1.54) is 12.1 Å². The smallest absolute Gasteiger partial charge is 0.354 e. The van der Waals surface area contributed by atoms with Crippen LogP contribution in [-0.2, 0) is 6.18 Å². The number of aromatic nitrogens is 2. The van der Waals surface area contributed by atoms with Gasteiger partial charge in [0, 0.05) is 64.1 Å². The minimum atomic E-state index is -4.45. The van der Waals surface area contributed by atoms with Crippen molar-refractivity contribution in [2.24, 2.45) is 0 Å². The average Bonchev–Trinajstić information content (AvgIpc) is 2.79. The molecule has 2 saturated heterocycles. The van der Waals surface area contributed by atoms with Crippen molar-refractivity contribution >= 4 is 23.4 Å². The molecule has 2 aliphatic rings. The van der Waals surface area contributed by atoms with Crippen molar-refractivity contribution < 1.29 is 18.0 Å². The Hall–Kier alpha value is -3.08. The van der Waals surface area contributed by atoms with Gasteiger partial charge in [-0.3, -0.25) is 0 Å². The van der Waals surface area contributed by atoms with Gasteiger partial charge in [0.25, 0.3) is 0 Å². The maximum Gasteiger partial charge on any atom is 0.416 e. The highest BCUT2D eigenvalue weighted by molar-refractivity contribution is 5.89. The molecule has 0 aliphatic carbocycles. The molecule has 1 aromatic heterocycles. The van der Waals surface area contributed by atoms with Gasteiger partial charge in [-0.25, -0.2) is 14.8 Å². The Morgan fingerprint density at radius 2 is 1.48 bits per heavy atom. The summed E-state index contributed by atoms with van der Waals surface area (Å²) in [6, 6.07) is 6.24. The lowest BCUT2D eigenvalue weighted by Crippen LogP contribution is -2.50. The molecular weight excluding hydrogens is 435 g/mol. The molecule has 33 heavy (non-hydrogen) atoms. The first-order valence-electron chi connectivity index (χ1n) is 11.0. The number of alkyl halides is 3. The normalized spacial score (nSPS) is 17.9. The van der Waals surface area contributed by atoms with E-state index in [2.05, 4.69) is 37.0 Å². The summed E-state index contributed by atoms with van der Waals surface area (Å²) < 4.78 is 38.7. The van der Waals surface area contributed by atoms with E-state index in [9.17, 15) is 18.0 Å². The van der Waals surface area contributed by atoms with Crippen LogP contribution in [0.2, 0.25) is 0 Å². The zero-order valence-corrected chi connectivity index (χ0v) is 18.8. The van der Waals surface area contributed by atoms with Crippen LogP contribution in [0.25, 0.3) is 0 Å². The van der Waals surface area contributed by atoms with E-state index in [4.69, 9.17) is 0 Å². The molecule has 0 saturated carbocycles. The predicted molar refractivity (Wildman–Crippen MR) is 121 cm³/mol. The molecular formula is C22H28F3N7O. The van der Waals surface area contributed by atoms with Crippen LogP contribution in [0.15, 0.2) is 30.3 Å². The number of nitrogens with zero attached hydrogens (tertiary/aromatic N) is 6. The molecule has 0 bridgehead atoms. The molecule has 0 unspecified atom stereocenters. The minimum Gasteiger partial charge on any atom is -0.354 e. The standard InChI is InChI=1S/C22H28F3N7O/c1-16-26-19(30-8-6-29(2)7-9-30)15-20(27-16)31-10-12-32(13-11-31)21(33)28-18-5-3-4-17(14-18)22(23,24)25/h3-5,14-15H,6-13H2,1-2H3,(H,28,33). The van der Waals surface area contributed by atoms with Crippen LogP contribution in [0.4, 0.5) is 35.3 Å². The number of benzene rings is 1. The number of aryl methyl sites for hydroxylation is 1. The van der Waals surface area contributed by atoms with Gasteiger partial charge in [0.1, 0.15) is 17.5 Å². The first-order valence-corrected chi connectivity index (χ1v) is 11.0. The van der Waals surface area contributed by atoms with Crippen LogP contribution in [0, 0.1) is 6.92 Å². The molecule has 1 N–H and O–H groups in total. The van der Waals surface area contributed by atoms with Gasteiger partial charge in [-0.2, -0.15) is 13.2 Å². The summed E-state index contributed by atoms with van der Waals surface area (Å²) in [5.74, 6) is 2.44. The van der Waals surface area contributed by atoms with Crippen molar-refractivity contribution in [1.29, 1.82) is 0 Å². The van der Waals surface area contributed by atoms with E-state index >= 15 is 0 Å².